The highest BCUT2D eigenvalue weighted by atomic mass is 32.1. The molecule has 0 saturated heterocycles. The molecule has 1 N–H and O–H groups in total. The SMILES string of the molecule is CCN(Cc1ccccn1)c1nc(C)c(CNC)s1. The van der Waals surface area contributed by atoms with E-state index in [9.17, 15) is 0 Å². The summed E-state index contributed by atoms with van der Waals surface area (Å²) in [5.74, 6) is 0. The van der Waals surface area contributed by atoms with Gasteiger partial charge >= 0.3 is 0 Å². The summed E-state index contributed by atoms with van der Waals surface area (Å²) >= 11 is 1.76. The number of aromatic nitrogens is 2. The molecule has 2 aromatic rings. The lowest BCUT2D eigenvalue weighted by molar-refractivity contribution is 0.801. The summed E-state index contributed by atoms with van der Waals surface area (Å²) in [7, 11) is 1.96. The number of nitrogens with zero attached hydrogens (tertiary/aromatic N) is 3. The van der Waals surface area contributed by atoms with Crippen LogP contribution in [0.5, 0.6) is 0 Å². The molecular formula is C14H20N4S. The minimum Gasteiger partial charge on any atom is -0.342 e. The fourth-order valence-electron chi connectivity index (χ4n) is 1.87. The lowest BCUT2D eigenvalue weighted by Gasteiger charge is -2.19. The first-order chi connectivity index (χ1) is 9.24. The van der Waals surface area contributed by atoms with Gasteiger partial charge in [0.1, 0.15) is 0 Å². The molecule has 0 atom stereocenters. The molecule has 5 heteroatoms. The van der Waals surface area contributed by atoms with Crippen LogP contribution in [0.15, 0.2) is 24.4 Å². The summed E-state index contributed by atoms with van der Waals surface area (Å²) < 4.78 is 0. The third kappa shape index (κ3) is 3.52. The van der Waals surface area contributed by atoms with Gasteiger partial charge in [0.05, 0.1) is 17.9 Å². The first-order valence-electron chi connectivity index (χ1n) is 6.50. The number of aryl methyl sites for hydroxylation is 1. The van der Waals surface area contributed by atoms with Crippen molar-refractivity contribution in [3.8, 4) is 0 Å². The van der Waals surface area contributed by atoms with Crippen LogP contribution >= 0.6 is 11.3 Å². The molecule has 0 fully saturated rings. The topological polar surface area (TPSA) is 41.1 Å². The van der Waals surface area contributed by atoms with Crippen molar-refractivity contribution in [2.24, 2.45) is 0 Å². The largest absolute Gasteiger partial charge is 0.342 e. The number of hydrogen-bond acceptors (Lipinski definition) is 5. The molecule has 0 aliphatic heterocycles. The quantitative estimate of drug-likeness (QED) is 0.880. The molecule has 0 aromatic carbocycles. The Balaban J connectivity index is 2.15. The van der Waals surface area contributed by atoms with Crippen LogP contribution in [-0.2, 0) is 13.1 Å². The predicted molar refractivity (Wildman–Crippen MR) is 80.6 cm³/mol. The molecule has 0 radical (unpaired) electrons. The normalized spacial score (nSPS) is 10.7. The second kappa shape index (κ2) is 6.63. The van der Waals surface area contributed by atoms with Crippen molar-refractivity contribution in [1.82, 2.24) is 15.3 Å². The van der Waals surface area contributed by atoms with Crippen LogP contribution in [-0.4, -0.2) is 23.6 Å². The third-order valence-corrected chi connectivity index (χ3v) is 4.17. The van der Waals surface area contributed by atoms with Gasteiger partial charge < -0.3 is 10.2 Å². The van der Waals surface area contributed by atoms with Gasteiger partial charge in [-0.1, -0.05) is 6.07 Å². The van der Waals surface area contributed by atoms with Crippen molar-refractivity contribution in [3.05, 3.63) is 40.7 Å². The molecule has 0 amide bonds. The van der Waals surface area contributed by atoms with Gasteiger partial charge in [-0.3, -0.25) is 4.98 Å². The lowest BCUT2D eigenvalue weighted by Crippen LogP contribution is -2.22. The predicted octanol–water partition coefficient (Wildman–Crippen LogP) is 2.59. The van der Waals surface area contributed by atoms with E-state index in [2.05, 4.69) is 40.1 Å². The van der Waals surface area contributed by atoms with E-state index in [1.807, 2.05) is 25.4 Å². The first-order valence-corrected chi connectivity index (χ1v) is 7.32. The molecule has 0 spiro atoms. The molecule has 0 aliphatic rings. The van der Waals surface area contributed by atoms with Gasteiger partial charge in [0, 0.05) is 24.2 Å². The fraction of sp³-hybridized carbons (Fsp3) is 0.429. The fourth-order valence-corrected chi connectivity index (χ4v) is 3.01. The Hall–Kier alpha value is -1.46. The number of pyridine rings is 1. The van der Waals surface area contributed by atoms with E-state index in [0.29, 0.717) is 0 Å². The van der Waals surface area contributed by atoms with E-state index in [1.54, 1.807) is 11.3 Å². The van der Waals surface area contributed by atoms with Crippen LogP contribution < -0.4 is 10.2 Å². The lowest BCUT2D eigenvalue weighted by atomic mass is 10.3. The van der Waals surface area contributed by atoms with Crippen molar-refractivity contribution in [3.63, 3.8) is 0 Å². The second-order valence-corrected chi connectivity index (χ2v) is 5.43. The molecule has 19 heavy (non-hydrogen) atoms. The molecular weight excluding hydrogens is 256 g/mol. The van der Waals surface area contributed by atoms with Gasteiger partial charge in [-0.25, -0.2) is 4.98 Å². The summed E-state index contributed by atoms with van der Waals surface area (Å²) in [6, 6.07) is 6.02. The first kappa shape index (κ1) is 14.0. The highest BCUT2D eigenvalue weighted by Crippen LogP contribution is 2.26. The summed E-state index contributed by atoms with van der Waals surface area (Å²) in [6.07, 6.45) is 1.84. The van der Waals surface area contributed by atoms with Crippen LogP contribution in [0, 0.1) is 6.92 Å². The van der Waals surface area contributed by atoms with Gasteiger partial charge in [-0.05, 0) is 33.0 Å². The zero-order chi connectivity index (χ0) is 13.7. The Morgan fingerprint density at radius 3 is 2.84 bits per heavy atom. The summed E-state index contributed by atoms with van der Waals surface area (Å²) in [4.78, 5) is 12.6. The van der Waals surface area contributed by atoms with Crippen LogP contribution in [0.4, 0.5) is 5.13 Å². The van der Waals surface area contributed by atoms with Gasteiger partial charge in [0.2, 0.25) is 0 Å². The Labute approximate surface area is 118 Å². The van der Waals surface area contributed by atoms with Crippen LogP contribution in [0.1, 0.15) is 23.2 Å². The van der Waals surface area contributed by atoms with Crippen molar-refractivity contribution >= 4 is 16.5 Å². The Bertz CT molecular complexity index is 509. The molecule has 102 valence electrons. The second-order valence-electron chi connectivity index (χ2n) is 4.37. The van der Waals surface area contributed by atoms with Gasteiger partial charge in [0.25, 0.3) is 0 Å². The summed E-state index contributed by atoms with van der Waals surface area (Å²) in [5.41, 5.74) is 2.20. The average Bonchev–Trinajstić information content (AvgIpc) is 2.79. The molecule has 2 heterocycles. The van der Waals surface area contributed by atoms with E-state index in [0.717, 1.165) is 36.2 Å². The standard InChI is InChI=1S/C14H20N4S/c1-4-18(10-12-7-5-6-8-16-12)14-17-11(2)13(19-14)9-15-3/h5-8,15H,4,9-10H2,1-3H3. The van der Waals surface area contributed by atoms with Gasteiger partial charge in [-0.15, -0.1) is 11.3 Å². The van der Waals surface area contributed by atoms with Crippen molar-refractivity contribution in [1.29, 1.82) is 0 Å². The third-order valence-electron chi connectivity index (χ3n) is 2.95. The van der Waals surface area contributed by atoms with Gasteiger partial charge in [-0.2, -0.15) is 0 Å². The number of anilines is 1. The maximum absolute atomic E-state index is 4.67. The number of nitrogens with one attached hydrogen (secondary N) is 1. The maximum atomic E-state index is 4.67. The highest BCUT2D eigenvalue weighted by Gasteiger charge is 2.13. The zero-order valence-electron chi connectivity index (χ0n) is 11.7. The molecule has 4 nitrogen and oxygen atoms in total. The van der Waals surface area contributed by atoms with Gasteiger partial charge in [0.15, 0.2) is 5.13 Å². The molecule has 0 aliphatic carbocycles. The molecule has 0 saturated carbocycles. The molecule has 2 rings (SSSR count). The number of rotatable bonds is 6. The van der Waals surface area contributed by atoms with Crippen LogP contribution in [0.2, 0.25) is 0 Å². The highest BCUT2D eigenvalue weighted by molar-refractivity contribution is 7.15. The minimum absolute atomic E-state index is 0.809. The van der Waals surface area contributed by atoms with E-state index < -0.39 is 0 Å². The minimum atomic E-state index is 0.809. The van der Waals surface area contributed by atoms with Crippen LogP contribution in [0.25, 0.3) is 0 Å². The molecule has 2 aromatic heterocycles. The number of hydrogen-bond donors (Lipinski definition) is 1. The Kier molecular flexibility index (Phi) is 4.87. The van der Waals surface area contributed by atoms with Crippen LogP contribution in [0.3, 0.4) is 0 Å². The maximum Gasteiger partial charge on any atom is 0.186 e. The smallest absolute Gasteiger partial charge is 0.186 e. The zero-order valence-corrected chi connectivity index (χ0v) is 12.5. The number of thiazole rings is 1. The van der Waals surface area contributed by atoms with Crippen molar-refractivity contribution in [2.45, 2.75) is 26.9 Å². The molecule has 0 bridgehead atoms. The van der Waals surface area contributed by atoms with Crippen molar-refractivity contribution in [2.75, 3.05) is 18.5 Å². The average molecular weight is 276 g/mol. The Morgan fingerprint density at radius 1 is 1.37 bits per heavy atom. The van der Waals surface area contributed by atoms with E-state index in [4.69, 9.17) is 0 Å². The summed E-state index contributed by atoms with van der Waals surface area (Å²) in [6.45, 7) is 6.84. The van der Waals surface area contributed by atoms with E-state index >= 15 is 0 Å². The Morgan fingerprint density at radius 2 is 2.21 bits per heavy atom. The summed E-state index contributed by atoms with van der Waals surface area (Å²) in [5, 5.41) is 4.26. The monoisotopic (exact) mass is 276 g/mol. The molecule has 0 unspecified atom stereocenters. The van der Waals surface area contributed by atoms with E-state index in [-0.39, 0.29) is 0 Å². The van der Waals surface area contributed by atoms with Crippen molar-refractivity contribution < 1.29 is 0 Å². The van der Waals surface area contributed by atoms with E-state index in [1.165, 1.54) is 4.88 Å².